The minimum atomic E-state index is 0.611. The van der Waals surface area contributed by atoms with Gasteiger partial charge in [0.25, 0.3) is 0 Å². The van der Waals surface area contributed by atoms with Gasteiger partial charge >= 0.3 is 0 Å². The zero-order chi connectivity index (χ0) is 8.97. The molecule has 0 aliphatic carbocycles. The Balaban J connectivity index is 3.00. The van der Waals surface area contributed by atoms with Crippen molar-refractivity contribution in [1.29, 1.82) is 5.26 Å². The molecule has 0 radical (unpaired) electrons. The molecule has 0 saturated heterocycles. The fourth-order valence-electron chi connectivity index (χ4n) is 0.989. The summed E-state index contributed by atoms with van der Waals surface area (Å²) in [7, 11) is 1.67. The lowest BCUT2D eigenvalue weighted by Gasteiger charge is -2.03. The molecule has 1 aromatic rings. The first kappa shape index (κ1) is 8.57. The molecule has 0 spiro atoms. The second-order valence-corrected chi connectivity index (χ2v) is 2.45. The third-order valence-corrected chi connectivity index (χ3v) is 1.40. The molecule has 0 atom stereocenters. The van der Waals surface area contributed by atoms with E-state index < -0.39 is 0 Å². The van der Waals surface area contributed by atoms with Crippen LogP contribution in [0, 0.1) is 18.3 Å². The molecule has 62 valence electrons. The molecule has 1 N–H and O–H groups in total. The van der Waals surface area contributed by atoms with Crippen molar-refractivity contribution >= 4 is 0 Å². The van der Waals surface area contributed by atoms with Gasteiger partial charge in [-0.3, -0.25) is 0 Å². The highest BCUT2D eigenvalue weighted by Crippen LogP contribution is 2.14. The van der Waals surface area contributed by atoms with E-state index in [2.05, 4.69) is 11.5 Å². The highest BCUT2D eigenvalue weighted by molar-refractivity contribution is 5.40. The first-order valence-corrected chi connectivity index (χ1v) is 3.61. The molecule has 1 aromatic carbocycles. The summed E-state index contributed by atoms with van der Waals surface area (Å²) < 4.78 is 0. The summed E-state index contributed by atoms with van der Waals surface area (Å²) in [6, 6.07) is 7.41. The Labute approximate surface area is 71.5 Å². The molecule has 0 amide bonds. The van der Waals surface area contributed by atoms with Gasteiger partial charge in [-0.15, -0.1) is 0 Å². The molecule has 0 saturated carbocycles. The molecule has 0 aromatic heterocycles. The van der Waals surface area contributed by atoms with Gasteiger partial charge in [0.2, 0.25) is 0 Å². The Hall–Kier alpha value is -1.53. The number of aryl methyl sites for hydroxylation is 1. The molecule has 0 aliphatic heterocycles. The molecule has 3 heteroatoms. The van der Waals surface area contributed by atoms with E-state index in [4.69, 9.17) is 10.1 Å². The van der Waals surface area contributed by atoms with E-state index in [1.54, 1.807) is 13.1 Å². The van der Waals surface area contributed by atoms with Gasteiger partial charge in [0, 0.05) is 13.1 Å². The number of hydrogen-bond acceptors (Lipinski definition) is 3. The van der Waals surface area contributed by atoms with E-state index >= 15 is 0 Å². The predicted molar refractivity (Wildman–Crippen MR) is 45.6 cm³/mol. The van der Waals surface area contributed by atoms with Crippen LogP contribution in [0.15, 0.2) is 18.2 Å². The molecular formula is C9H10N2O. The lowest BCUT2D eigenvalue weighted by atomic mass is 10.1. The summed E-state index contributed by atoms with van der Waals surface area (Å²) in [5, 5.41) is 8.63. The number of hydrogen-bond donors (Lipinski definition) is 1. The Morgan fingerprint density at radius 1 is 1.42 bits per heavy atom. The van der Waals surface area contributed by atoms with Crippen molar-refractivity contribution in [2.24, 2.45) is 0 Å². The van der Waals surface area contributed by atoms with Crippen LogP contribution in [0.5, 0.6) is 5.75 Å². The fraction of sp³-hybridized carbons (Fsp3) is 0.222. The van der Waals surface area contributed by atoms with Crippen LogP contribution in [0.25, 0.3) is 0 Å². The van der Waals surface area contributed by atoms with Gasteiger partial charge in [-0.25, -0.2) is 0 Å². The lowest BCUT2D eigenvalue weighted by molar-refractivity contribution is 0.223. The summed E-state index contributed by atoms with van der Waals surface area (Å²) in [6.45, 7) is 1.92. The second-order valence-electron chi connectivity index (χ2n) is 2.45. The first-order valence-electron chi connectivity index (χ1n) is 3.61. The predicted octanol–water partition coefficient (Wildman–Crippen LogP) is 1.38. The third-order valence-electron chi connectivity index (χ3n) is 1.40. The Morgan fingerprint density at radius 2 is 2.17 bits per heavy atom. The van der Waals surface area contributed by atoms with Crippen LogP contribution < -0.4 is 10.3 Å². The van der Waals surface area contributed by atoms with Crippen molar-refractivity contribution in [3.63, 3.8) is 0 Å². The molecule has 0 fully saturated rings. The number of rotatable bonds is 2. The maximum absolute atomic E-state index is 8.63. The van der Waals surface area contributed by atoms with Gasteiger partial charge in [0.05, 0.1) is 11.6 Å². The van der Waals surface area contributed by atoms with Crippen LogP contribution >= 0.6 is 0 Å². The molecule has 0 aliphatic rings. The summed E-state index contributed by atoms with van der Waals surface area (Å²) in [5.74, 6) is 0.661. The van der Waals surface area contributed by atoms with Gasteiger partial charge in [-0.1, -0.05) is 0 Å². The normalized spacial score (nSPS) is 9.08. The molecule has 1 rings (SSSR count). The summed E-state index contributed by atoms with van der Waals surface area (Å²) in [5.41, 5.74) is 4.18. The summed E-state index contributed by atoms with van der Waals surface area (Å²) >= 11 is 0. The SMILES string of the molecule is CNOc1cc(C)cc(C#N)c1. The van der Waals surface area contributed by atoms with E-state index in [1.165, 1.54) is 0 Å². The summed E-state index contributed by atoms with van der Waals surface area (Å²) in [6.07, 6.45) is 0. The lowest BCUT2D eigenvalue weighted by Crippen LogP contribution is -2.10. The zero-order valence-corrected chi connectivity index (χ0v) is 7.09. The Morgan fingerprint density at radius 3 is 2.75 bits per heavy atom. The Kier molecular flexibility index (Phi) is 2.67. The van der Waals surface area contributed by atoms with Gasteiger partial charge in [0.15, 0.2) is 0 Å². The van der Waals surface area contributed by atoms with Gasteiger partial charge in [-0.2, -0.15) is 10.7 Å². The minimum absolute atomic E-state index is 0.611. The van der Waals surface area contributed by atoms with E-state index in [0.717, 1.165) is 5.56 Å². The van der Waals surface area contributed by atoms with E-state index in [-0.39, 0.29) is 0 Å². The smallest absolute Gasteiger partial charge is 0.148 e. The van der Waals surface area contributed by atoms with Crippen molar-refractivity contribution in [3.05, 3.63) is 29.3 Å². The highest BCUT2D eigenvalue weighted by atomic mass is 16.6. The minimum Gasteiger partial charge on any atom is -0.409 e. The van der Waals surface area contributed by atoms with Crippen molar-refractivity contribution < 1.29 is 4.84 Å². The molecule has 0 heterocycles. The monoisotopic (exact) mass is 162 g/mol. The zero-order valence-electron chi connectivity index (χ0n) is 7.09. The van der Waals surface area contributed by atoms with Gasteiger partial charge in [-0.05, 0) is 24.6 Å². The average Bonchev–Trinajstić information content (AvgIpc) is 2.04. The van der Waals surface area contributed by atoms with Crippen LogP contribution in [-0.2, 0) is 0 Å². The second kappa shape index (κ2) is 3.74. The number of nitrogens with one attached hydrogen (secondary N) is 1. The Bertz CT molecular complexity index is 315. The van der Waals surface area contributed by atoms with Crippen molar-refractivity contribution in [2.45, 2.75) is 6.92 Å². The topological polar surface area (TPSA) is 45.0 Å². The largest absolute Gasteiger partial charge is 0.409 e. The molecule has 0 bridgehead atoms. The van der Waals surface area contributed by atoms with Crippen LogP contribution in [0.3, 0.4) is 0 Å². The number of benzene rings is 1. The van der Waals surface area contributed by atoms with E-state index in [9.17, 15) is 0 Å². The van der Waals surface area contributed by atoms with Crippen LogP contribution in [0.2, 0.25) is 0 Å². The van der Waals surface area contributed by atoms with E-state index in [1.807, 2.05) is 19.1 Å². The van der Waals surface area contributed by atoms with Crippen LogP contribution in [-0.4, -0.2) is 7.05 Å². The quantitative estimate of drug-likeness (QED) is 0.668. The average molecular weight is 162 g/mol. The van der Waals surface area contributed by atoms with Crippen molar-refractivity contribution in [1.82, 2.24) is 5.48 Å². The summed E-state index contributed by atoms with van der Waals surface area (Å²) in [4.78, 5) is 5.03. The van der Waals surface area contributed by atoms with E-state index in [0.29, 0.717) is 11.3 Å². The number of nitrogens with zero attached hydrogens (tertiary/aromatic N) is 1. The van der Waals surface area contributed by atoms with Crippen LogP contribution in [0.1, 0.15) is 11.1 Å². The maximum Gasteiger partial charge on any atom is 0.148 e. The van der Waals surface area contributed by atoms with Gasteiger partial charge < -0.3 is 4.84 Å². The number of nitriles is 1. The first-order chi connectivity index (χ1) is 5.76. The highest BCUT2D eigenvalue weighted by Gasteiger charge is 1.97. The van der Waals surface area contributed by atoms with Gasteiger partial charge in [0.1, 0.15) is 5.75 Å². The van der Waals surface area contributed by atoms with Crippen molar-refractivity contribution in [3.8, 4) is 11.8 Å². The molecular weight excluding hydrogens is 152 g/mol. The standard InChI is InChI=1S/C9H10N2O/c1-7-3-8(6-10)5-9(4-7)12-11-2/h3-5,11H,1-2H3. The molecule has 12 heavy (non-hydrogen) atoms. The fourth-order valence-corrected chi connectivity index (χ4v) is 0.989. The van der Waals surface area contributed by atoms with Crippen LogP contribution in [0.4, 0.5) is 0 Å². The third kappa shape index (κ3) is 1.97. The maximum atomic E-state index is 8.63. The molecule has 0 unspecified atom stereocenters. The van der Waals surface area contributed by atoms with Crippen molar-refractivity contribution in [2.75, 3.05) is 7.05 Å². The number of hydroxylamine groups is 1. The molecule has 3 nitrogen and oxygen atoms in total.